The molecule has 2 aromatic carbocycles. The van der Waals surface area contributed by atoms with Crippen LogP contribution in [-0.2, 0) is 9.53 Å². The standard InChI is InChI=1S/C18H17BrN2O5/c1-10-6-11(2)17(12(3)7-10)18(23)26-9-16(22)20-15-5-4-13(21(24)25)8-14(15)19/h4-8H,9H2,1-3H3,(H,20,22). The van der Waals surface area contributed by atoms with Crippen molar-refractivity contribution < 1.29 is 19.2 Å². The van der Waals surface area contributed by atoms with Gasteiger partial charge in [-0.3, -0.25) is 14.9 Å². The summed E-state index contributed by atoms with van der Waals surface area (Å²) in [5.74, 6) is -1.12. The van der Waals surface area contributed by atoms with Crippen LogP contribution in [0.5, 0.6) is 0 Å². The van der Waals surface area contributed by atoms with Crippen LogP contribution in [0.2, 0.25) is 0 Å². The zero-order valence-corrected chi connectivity index (χ0v) is 16.0. The number of carbonyl (C=O) groups is 2. The van der Waals surface area contributed by atoms with E-state index in [-0.39, 0.29) is 5.69 Å². The molecule has 0 heterocycles. The van der Waals surface area contributed by atoms with Gasteiger partial charge in [-0.15, -0.1) is 0 Å². The Balaban J connectivity index is 2.01. The van der Waals surface area contributed by atoms with Crippen molar-refractivity contribution in [3.8, 4) is 0 Å². The Morgan fingerprint density at radius 3 is 2.31 bits per heavy atom. The second-order valence-corrected chi connectivity index (χ2v) is 6.67. The van der Waals surface area contributed by atoms with Gasteiger partial charge in [0.1, 0.15) is 0 Å². The fourth-order valence-electron chi connectivity index (χ4n) is 2.61. The predicted molar refractivity (Wildman–Crippen MR) is 100 cm³/mol. The number of halogens is 1. The van der Waals surface area contributed by atoms with E-state index in [1.165, 1.54) is 18.2 Å². The third kappa shape index (κ3) is 4.66. The van der Waals surface area contributed by atoms with E-state index in [2.05, 4.69) is 21.2 Å². The first kappa shape index (κ1) is 19.6. The molecule has 0 aromatic heterocycles. The Labute approximate surface area is 158 Å². The summed E-state index contributed by atoms with van der Waals surface area (Å²) in [6.45, 7) is 5.09. The van der Waals surface area contributed by atoms with Crippen LogP contribution in [0, 0.1) is 30.9 Å². The van der Waals surface area contributed by atoms with Crippen molar-refractivity contribution in [3.63, 3.8) is 0 Å². The lowest BCUT2D eigenvalue weighted by atomic mass is 10.00. The molecule has 0 atom stereocenters. The summed E-state index contributed by atoms with van der Waals surface area (Å²) >= 11 is 3.16. The molecule has 0 radical (unpaired) electrons. The number of amides is 1. The van der Waals surface area contributed by atoms with E-state index in [0.717, 1.165) is 16.7 Å². The molecule has 8 heteroatoms. The monoisotopic (exact) mass is 420 g/mol. The number of benzene rings is 2. The van der Waals surface area contributed by atoms with Crippen LogP contribution < -0.4 is 5.32 Å². The molecule has 2 rings (SSSR count). The van der Waals surface area contributed by atoms with Crippen molar-refractivity contribution in [2.24, 2.45) is 0 Å². The maximum absolute atomic E-state index is 12.3. The Morgan fingerprint density at radius 1 is 1.15 bits per heavy atom. The van der Waals surface area contributed by atoms with Gasteiger partial charge in [0.15, 0.2) is 6.61 Å². The summed E-state index contributed by atoms with van der Waals surface area (Å²) in [5, 5.41) is 13.3. The Morgan fingerprint density at radius 2 is 1.77 bits per heavy atom. The molecule has 1 N–H and O–H groups in total. The number of esters is 1. The van der Waals surface area contributed by atoms with E-state index in [9.17, 15) is 19.7 Å². The van der Waals surface area contributed by atoms with Crippen molar-refractivity contribution in [1.82, 2.24) is 0 Å². The van der Waals surface area contributed by atoms with Crippen LogP contribution in [0.15, 0.2) is 34.8 Å². The highest BCUT2D eigenvalue weighted by atomic mass is 79.9. The molecule has 0 fully saturated rings. The lowest BCUT2D eigenvalue weighted by Crippen LogP contribution is -2.22. The first-order valence-corrected chi connectivity index (χ1v) is 8.47. The molecule has 2 aromatic rings. The molecular formula is C18H17BrN2O5. The quantitative estimate of drug-likeness (QED) is 0.446. The molecule has 7 nitrogen and oxygen atoms in total. The van der Waals surface area contributed by atoms with Crippen LogP contribution in [0.1, 0.15) is 27.0 Å². The van der Waals surface area contributed by atoms with E-state index < -0.39 is 23.4 Å². The van der Waals surface area contributed by atoms with Gasteiger partial charge in [-0.2, -0.15) is 0 Å². The molecule has 0 bridgehead atoms. The van der Waals surface area contributed by atoms with Gasteiger partial charge in [-0.05, 0) is 53.9 Å². The number of hydrogen-bond acceptors (Lipinski definition) is 5. The Kier molecular flexibility index (Phi) is 6.10. The smallest absolute Gasteiger partial charge is 0.339 e. The van der Waals surface area contributed by atoms with E-state index in [1.54, 1.807) is 0 Å². The van der Waals surface area contributed by atoms with Crippen molar-refractivity contribution >= 4 is 39.2 Å². The molecule has 0 saturated carbocycles. The minimum atomic E-state index is -0.571. The lowest BCUT2D eigenvalue weighted by molar-refractivity contribution is -0.384. The molecule has 26 heavy (non-hydrogen) atoms. The second-order valence-electron chi connectivity index (χ2n) is 5.82. The van der Waals surface area contributed by atoms with Gasteiger partial charge < -0.3 is 10.1 Å². The maximum Gasteiger partial charge on any atom is 0.339 e. The highest BCUT2D eigenvalue weighted by Gasteiger charge is 2.17. The third-order valence-corrected chi connectivity index (χ3v) is 4.31. The topological polar surface area (TPSA) is 98.5 Å². The highest BCUT2D eigenvalue weighted by molar-refractivity contribution is 9.10. The van der Waals surface area contributed by atoms with Crippen LogP contribution in [0.3, 0.4) is 0 Å². The van der Waals surface area contributed by atoms with Crippen LogP contribution in [-0.4, -0.2) is 23.4 Å². The van der Waals surface area contributed by atoms with Gasteiger partial charge in [0.05, 0.1) is 16.2 Å². The zero-order valence-electron chi connectivity index (χ0n) is 14.5. The summed E-state index contributed by atoms with van der Waals surface area (Å²) in [6.07, 6.45) is 0. The van der Waals surface area contributed by atoms with Crippen molar-refractivity contribution in [2.45, 2.75) is 20.8 Å². The van der Waals surface area contributed by atoms with Gasteiger partial charge in [-0.25, -0.2) is 4.79 Å². The zero-order chi connectivity index (χ0) is 19.4. The number of nitro groups is 1. The number of aryl methyl sites for hydroxylation is 3. The fraction of sp³-hybridized carbons (Fsp3) is 0.222. The van der Waals surface area contributed by atoms with Gasteiger partial charge in [0.2, 0.25) is 0 Å². The number of non-ortho nitro benzene ring substituents is 1. The highest BCUT2D eigenvalue weighted by Crippen LogP contribution is 2.27. The van der Waals surface area contributed by atoms with Gasteiger partial charge in [0.25, 0.3) is 11.6 Å². The number of nitro benzene ring substituents is 1. The van der Waals surface area contributed by atoms with Gasteiger partial charge >= 0.3 is 5.97 Å². The molecule has 0 saturated heterocycles. The molecular weight excluding hydrogens is 404 g/mol. The molecule has 1 amide bonds. The third-order valence-electron chi connectivity index (χ3n) is 3.65. The summed E-state index contributed by atoms with van der Waals surface area (Å²) in [4.78, 5) is 34.4. The number of ether oxygens (including phenoxy) is 1. The maximum atomic E-state index is 12.3. The summed E-state index contributed by atoms with van der Waals surface area (Å²) in [6, 6.07) is 7.69. The summed E-state index contributed by atoms with van der Waals surface area (Å²) in [5.41, 5.74) is 3.29. The normalized spacial score (nSPS) is 10.3. The van der Waals surface area contributed by atoms with Crippen LogP contribution >= 0.6 is 15.9 Å². The van der Waals surface area contributed by atoms with Crippen molar-refractivity contribution in [2.75, 3.05) is 11.9 Å². The van der Waals surface area contributed by atoms with E-state index in [1.807, 2.05) is 32.9 Å². The average molecular weight is 421 g/mol. The number of hydrogen-bond donors (Lipinski definition) is 1. The van der Waals surface area contributed by atoms with E-state index in [0.29, 0.717) is 15.7 Å². The van der Waals surface area contributed by atoms with Crippen molar-refractivity contribution in [1.29, 1.82) is 0 Å². The van der Waals surface area contributed by atoms with Gasteiger partial charge in [-0.1, -0.05) is 17.7 Å². The number of anilines is 1. The molecule has 0 aliphatic heterocycles. The molecule has 0 aliphatic rings. The minimum absolute atomic E-state index is 0.105. The van der Waals surface area contributed by atoms with E-state index in [4.69, 9.17) is 4.74 Å². The summed E-state index contributed by atoms with van der Waals surface area (Å²) in [7, 11) is 0. The lowest BCUT2D eigenvalue weighted by Gasteiger charge is -2.11. The summed E-state index contributed by atoms with van der Waals surface area (Å²) < 4.78 is 5.45. The SMILES string of the molecule is Cc1cc(C)c(C(=O)OCC(=O)Nc2ccc([N+](=O)[O-])cc2Br)c(C)c1. The molecule has 136 valence electrons. The number of carbonyl (C=O) groups excluding carboxylic acids is 2. The van der Waals surface area contributed by atoms with Crippen LogP contribution in [0.4, 0.5) is 11.4 Å². The van der Waals surface area contributed by atoms with Crippen molar-refractivity contribution in [3.05, 3.63) is 67.2 Å². The number of rotatable bonds is 5. The molecule has 0 unspecified atom stereocenters. The van der Waals surface area contributed by atoms with E-state index >= 15 is 0 Å². The molecule has 0 spiro atoms. The van der Waals surface area contributed by atoms with Gasteiger partial charge in [0, 0.05) is 16.6 Å². The predicted octanol–water partition coefficient (Wildman–Crippen LogP) is 4.08. The largest absolute Gasteiger partial charge is 0.452 e. The second kappa shape index (κ2) is 8.09. The fourth-order valence-corrected chi connectivity index (χ4v) is 3.08. The number of nitrogens with zero attached hydrogens (tertiary/aromatic N) is 1. The first-order chi connectivity index (χ1) is 12.2. The Hall–Kier alpha value is -2.74. The molecule has 0 aliphatic carbocycles. The average Bonchev–Trinajstić information content (AvgIpc) is 2.53. The minimum Gasteiger partial charge on any atom is -0.452 e. The number of nitrogens with one attached hydrogen (secondary N) is 1. The first-order valence-electron chi connectivity index (χ1n) is 7.68. The Bertz CT molecular complexity index is 872. The van der Waals surface area contributed by atoms with Crippen LogP contribution in [0.25, 0.3) is 0 Å².